The molecule has 0 atom stereocenters. The van der Waals surface area contributed by atoms with Gasteiger partial charge in [-0.25, -0.2) is 18.7 Å². The van der Waals surface area contributed by atoms with Gasteiger partial charge in [0.2, 0.25) is 5.75 Å². The number of aromatic hydroxyl groups is 2. The molecule has 0 aliphatic rings. The Labute approximate surface area is 143 Å². The molecule has 0 saturated carbocycles. The molecule has 1 aromatic carbocycles. The Kier molecular flexibility index (Phi) is 4.52. The molecule has 0 radical (unpaired) electrons. The highest BCUT2D eigenvalue weighted by Crippen LogP contribution is 2.29. The number of carbonyl (C=O) groups is 1. The van der Waals surface area contributed by atoms with Crippen molar-refractivity contribution in [1.29, 1.82) is 0 Å². The Balaban J connectivity index is 1.84. The summed E-state index contributed by atoms with van der Waals surface area (Å²) >= 11 is 1.18. The largest absolute Gasteiger partial charge is 0.501 e. The maximum absolute atomic E-state index is 13.2. The van der Waals surface area contributed by atoms with E-state index in [4.69, 9.17) is 0 Å². The second kappa shape index (κ2) is 6.77. The fraction of sp³-hybridized carbons (Fsp3) is 0.0667. The van der Waals surface area contributed by atoms with Crippen LogP contribution in [0, 0.1) is 11.6 Å². The van der Waals surface area contributed by atoms with E-state index in [2.05, 4.69) is 20.3 Å². The Hall–Kier alpha value is -3.14. The highest BCUT2D eigenvalue weighted by atomic mass is 32.1. The molecular weight excluding hydrogens is 354 g/mol. The van der Waals surface area contributed by atoms with Crippen LogP contribution in [0.4, 0.5) is 8.78 Å². The normalized spacial score (nSPS) is 10.6. The Morgan fingerprint density at radius 1 is 1.16 bits per heavy atom. The zero-order chi connectivity index (χ0) is 18.0. The average Bonchev–Trinajstić information content (AvgIpc) is 3.08. The fourth-order valence-corrected chi connectivity index (χ4v) is 2.58. The van der Waals surface area contributed by atoms with Gasteiger partial charge >= 0.3 is 0 Å². The third kappa shape index (κ3) is 3.69. The molecule has 1 amide bonds. The maximum atomic E-state index is 13.2. The zero-order valence-electron chi connectivity index (χ0n) is 12.4. The highest BCUT2D eigenvalue weighted by molar-refractivity contribution is 7.13. The molecule has 10 heteroatoms. The van der Waals surface area contributed by atoms with Crippen LogP contribution in [-0.2, 0) is 6.54 Å². The van der Waals surface area contributed by atoms with Crippen molar-refractivity contribution >= 4 is 17.2 Å². The molecular formula is C15H10F2N4O3S. The monoisotopic (exact) mass is 364 g/mol. The number of thiazole rings is 1. The van der Waals surface area contributed by atoms with E-state index in [0.29, 0.717) is 11.1 Å². The molecule has 0 spiro atoms. The van der Waals surface area contributed by atoms with Crippen LogP contribution in [0.2, 0.25) is 0 Å². The van der Waals surface area contributed by atoms with Crippen LogP contribution in [-0.4, -0.2) is 31.1 Å². The Morgan fingerprint density at radius 2 is 1.88 bits per heavy atom. The van der Waals surface area contributed by atoms with Crippen molar-refractivity contribution in [1.82, 2.24) is 20.3 Å². The SMILES string of the molecule is O=C(NCc1cc(F)cc(F)c1)c1nc(-c2nccs2)nc(O)c1O. The van der Waals surface area contributed by atoms with Crippen LogP contribution in [0.5, 0.6) is 11.6 Å². The van der Waals surface area contributed by atoms with Crippen LogP contribution < -0.4 is 5.32 Å². The lowest BCUT2D eigenvalue weighted by Gasteiger charge is -2.08. The molecule has 0 aliphatic carbocycles. The standard InChI is InChI=1S/C15H10F2N4O3S/c16-8-3-7(4-9(17)5-8)6-19-13(23)10-11(22)14(24)21-12(20-10)15-18-1-2-25-15/h1-5,22H,6H2,(H,19,23)(H,20,21,24). The summed E-state index contributed by atoms with van der Waals surface area (Å²) in [5, 5.41) is 23.8. The Bertz CT molecular complexity index is 915. The molecule has 3 N–H and O–H groups in total. The summed E-state index contributed by atoms with van der Waals surface area (Å²) in [5.41, 5.74) is -0.293. The fourth-order valence-electron chi connectivity index (χ4n) is 2.01. The van der Waals surface area contributed by atoms with E-state index in [1.54, 1.807) is 5.38 Å². The van der Waals surface area contributed by atoms with Crippen molar-refractivity contribution in [2.75, 3.05) is 0 Å². The molecule has 3 rings (SSSR count). The Morgan fingerprint density at radius 3 is 2.52 bits per heavy atom. The van der Waals surface area contributed by atoms with Crippen molar-refractivity contribution in [3.8, 4) is 22.5 Å². The van der Waals surface area contributed by atoms with Gasteiger partial charge in [0.1, 0.15) is 11.6 Å². The number of nitrogens with one attached hydrogen (secondary N) is 1. The third-order valence-corrected chi connectivity index (χ3v) is 3.85. The molecule has 2 heterocycles. The van der Waals surface area contributed by atoms with Crippen molar-refractivity contribution < 1.29 is 23.8 Å². The van der Waals surface area contributed by atoms with Crippen molar-refractivity contribution in [2.24, 2.45) is 0 Å². The third-order valence-electron chi connectivity index (χ3n) is 3.08. The van der Waals surface area contributed by atoms with E-state index >= 15 is 0 Å². The lowest BCUT2D eigenvalue weighted by atomic mass is 10.2. The van der Waals surface area contributed by atoms with Gasteiger partial charge < -0.3 is 15.5 Å². The number of rotatable bonds is 4. The van der Waals surface area contributed by atoms with Gasteiger partial charge in [-0.05, 0) is 17.7 Å². The predicted octanol–water partition coefficient (Wildman–Crippen LogP) is 2.22. The summed E-state index contributed by atoms with van der Waals surface area (Å²) in [6.07, 6.45) is 1.49. The van der Waals surface area contributed by atoms with E-state index in [1.807, 2.05) is 0 Å². The topological polar surface area (TPSA) is 108 Å². The first kappa shape index (κ1) is 16.7. The summed E-state index contributed by atoms with van der Waals surface area (Å²) in [7, 11) is 0. The van der Waals surface area contributed by atoms with E-state index in [9.17, 15) is 23.8 Å². The van der Waals surface area contributed by atoms with Crippen molar-refractivity contribution in [2.45, 2.75) is 6.54 Å². The summed E-state index contributed by atoms with van der Waals surface area (Å²) in [5.74, 6) is -4.02. The molecule has 3 aromatic rings. The minimum Gasteiger partial charge on any atom is -0.501 e. The maximum Gasteiger partial charge on any atom is 0.274 e. The quantitative estimate of drug-likeness (QED) is 0.655. The zero-order valence-corrected chi connectivity index (χ0v) is 13.2. The van der Waals surface area contributed by atoms with E-state index in [0.717, 1.165) is 12.1 Å². The first-order valence-corrected chi connectivity index (χ1v) is 7.75. The minimum atomic E-state index is -0.849. The summed E-state index contributed by atoms with van der Waals surface area (Å²) in [4.78, 5) is 23.7. The molecule has 0 aliphatic heterocycles. The van der Waals surface area contributed by atoms with E-state index in [-0.39, 0.29) is 17.9 Å². The van der Waals surface area contributed by atoms with E-state index < -0.39 is 34.9 Å². The second-order valence-corrected chi connectivity index (χ2v) is 5.76. The van der Waals surface area contributed by atoms with Crippen LogP contribution in [0.15, 0.2) is 29.8 Å². The average molecular weight is 364 g/mol. The minimum absolute atomic E-state index is 0.0350. The van der Waals surface area contributed by atoms with Crippen LogP contribution in [0.25, 0.3) is 10.8 Å². The van der Waals surface area contributed by atoms with Gasteiger partial charge in [0.05, 0.1) is 0 Å². The number of amides is 1. The molecule has 25 heavy (non-hydrogen) atoms. The number of hydrogen-bond donors (Lipinski definition) is 3. The number of aromatic nitrogens is 3. The molecule has 0 fully saturated rings. The second-order valence-electron chi connectivity index (χ2n) is 4.87. The molecule has 0 saturated heterocycles. The molecule has 0 bridgehead atoms. The van der Waals surface area contributed by atoms with Gasteiger partial charge in [0, 0.05) is 24.2 Å². The van der Waals surface area contributed by atoms with Gasteiger partial charge in [-0.3, -0.25) is 4.79 Å². The lowest BCUT2D eigenvalue weighted by Crippen LogP contribution is -2.24. The first-order valence-electron chi connectivity index (χ1n) is 6.87. The van der Waals surface area contributed by atoms with Gasteiger partial charge in [0.25, 0.3) is 11.8 Å². The highest BCUT2D eigenvalue weighted by Gasteiger charge is 2.21. The van der Waals surface area contributed by atoms with Crippen LogP contribution >= 0.6 is 11.3 Å². The number of carbonyl (C=O) groups excluding carboxylic acids is 1. The smallest absolute Gasteiger partial charge is 0.274 e. The summed E-state index contributed by atoms with van der Waals surface area (Å²) < 4.78 is 26.3. The molecule has 128 valence electrons. The number of benzene rings is 1. The van der Waals surface area contributed by atoms with Crippen LogP contribution in [0.3, 0.4) is 0 Å². The van der Waals surface area contributed by atoms with Gasteiger partial charge in [-0.15, -0.1) is 11.3 Å². The van der Waals surface area contributed by atoms with E-state index in [1.165, 1.54) is 17.5 Å². The van der Waals surface area contributed by atoms with Gasteiger partial charge in [-0.2, -0.15) is 4.98 Å². The van der Waals surface area contributed by atoms with Crippen molar-refractivity contribution in [3.63, 3.8) is 0 Å². The van der Waals surface area contributed by atoms with Crippen LogP contribution in [0.1, 0.15) is 16.1 Å². The number of nitrogens with zero attached hydrogens (tertiary/aromatic N) is 3. The summed E-state index contributed by atoms with van der Waals surface area (Å²) in [6, 6.07) is 2.82. The first-order chi connectivity index (χ1) is 11.9. The van der Waals surface area contributed by atoms with Gasteiger partial charge in [0.15, 0.2) is 16.5 Å². The summed E-state index contributed by atoms with van der Waals surface area (Å²) in [6.45, 7) is -0.204. The van der Waals surface area contributed by atoms with Gasteiger partial charge in [-0.1, -0.05) is 0 Å². The number of hydrogen-bond acceptors (Lipinski definition) is 7. The number of halogens is 2. The van der Waals surface area contributed by atoms with Crippen molar-refractivity contribution in [3.05, 3.63) is 52.7 Å². The predicted molar refractivity (Wildman–Crippen MR) is 84.0 cm³/mol. The lowest BCUT2D eigenvalue weighted by molar-refractivity contribution is 0.0941. The molecule has 2 aromatic heterocycles. The molecule has 0 unspecified atom stereocenters. The molecule has 7 nitrogen and oxygen atoms in total.